The van der Waals surface area contributed by atoms with Crippen LogP contribution in [0.1, 0.15) is 11.1 Å². The summed E-state index contributed by atoms with van der Waals surface area (Å²) in [5.41, 5.74) is 9.47. The predicted molar refractivity (Wildman–Crippen MR) is 81.5 cm³/mol. The molecule has 0 amide bonds. The molecule has 98 valence electrons. The van der Waals surface area contributed by atoms with Gasteiger partial charge >= 0.3 is 0 Å². The smallest absolute Gasteiger partial charge is 0.123 e. The first-order chi connectivity index (χ1) is 8.99. The number of nitrogens with zero attached hydrogens (tertiary/aromatic N) is 1. The van der Waals surface area contributed by atoms with Crippen molar-refractivity contribution in [2.75, 3.05) is 11.9 Å². The quantitative estimate of drug-likeness (QED) is 0.868. The van der Waals surface area contributed by atoms with E-state index in [2.05, 4.69) is 0 Å². The molecule has 4 heteroatoms. The average molecular weight is 274 g/mol. The summed E-state index contributed by atoms with van der Waals surface area (Å²) in [6.45, 7) is 1.99. The Morgan fingerprint density at radius 1 is 1.16 bits per heavy atom. The van der Waals surface area contributed by atoms with E-state index in [0.29, 0.717) is 4.99 Å². The summed E-state index contributed by atoms with van der Waals surface area (Å²) in [4.78, 5) is 2.29. The van der Waals surface area contributed by atoms with Gasteiger partial charge in [-0.25, -0.2) is 4.39 Å². The van der Waals surface area contributed by atoms with Gasteiger partial charge in [0.1, 0.15) is 10.8 Å². The Kier molecular flexibility index (Phi) is 3.81. The van der Waals surface area contributed by atoms with Gasteiger partial charge in [-0.05, 0) is 43.3 Å². The molecule has 0 heterocycles. The van der Waals surface area contributed by atoms with Gasteiger partial charge in [-0.1, -0.05) is 23.8 Å². The number of rotatable bonds is 3. The molecule has 2 N–H and O–H groups in total. The van der Waals surface area contributed by atoms with E-state index in [1.807, 2.05) is 37.1 Å². The Hall–Kier alpha value is -1.94. The maximum Gasteiger partial charge on any atom is 0.123 e. The number of nitrogens with two attached hydrogens (primary N) is 1. The van der Waals surface area contributed by atoms with E-state index in [0.717, 1.165) is 22.5 Å². The number of aryl methyl sites for hydroxylation is 1. The third-order valence-corrected chi connectivity index (χ3v) is 3.21. The van der Waals surface area contributed by atoms with Crippen LogP contribution >= 0.6 is 12.2 Å². The van der Waals surface area contributed by atoms with Gasteiger partial charge in [0.05, 0.1) is 5.69 Å². The summed E-state index contributed by atoms with van der Waals surface area (Å²) in [5.74, 6) is -0.254. The molecule has 0 unspecified atom stereocenters. The van der Waals surface area contributed by atoms with E-state index in [1.165, 1.54) is 12.1 Å². The third kappa shape index (κ3) is 2.90. The topological polar surface area (TPSA) is 29.3 Å². The van der Waals surface area contributed by atoms with Crippen molar-refractivity contribution in [3.63, 3.8) is 0 Å². The largest absolute Gasteiger partial charge is 0.389 e. The monoisotopic (exact) mass is 274 g/mol. The Morgan fingerprint density at radius 3 is 2.37 bits per heavy atom. The molecule has 0 saturated heterocycles. The van der Waals surface area contributed by atoms with Crippen LogP contribution in [0.15, 0.2) is 42.5 Å². The summed E-state index contributed by atoms with van der Waals surface area (Å²) >= 11 is 5.09. The molecule has 0 radical (unpaired) electrons. The Labute approximate surface area is 117 Å². The van der Waals surface area contributed by atoms with E-state index in [4.69, 9.17) is 18.0 Å². The number of hydrogen-bond acceptors (Lipinski definition) is 2. The average Bonchev–Trinajstić information content (AvgIpc) is 2.38. The van der Waals surface area contributed by atoms with Crippen molar-refractivity contribution >= 4 is 28.6 Å². The standard InChI is InChI=1S/C15H15FN2S/c1-10-3-8-14(13(9-10)15(17)19)18(2)12-6-4-11(16)5-7-12/h3-9H,1-2H3,(H2,17,19). The van der Waals surface area contributed by atoms with E-state index < -0.39 is 0 Å². The molecule has 19 heavy (non-hydrogen) atoms. The lowest BCUT2D eigenvalue weighted by Crippen LogP contribution is -2.18. The summed E-state index contributed by atoms with van der Waals surface area (Å²) in [5, 5.41) is 0. The van der Waals surface area contributed by atoms with Gasteiger partial charge in [-0.3, -0.25) is 0 Å². The minimum atomic E-state index is -0.254. The first-order valence-electron chi connectivity index (χ1n) is 5.89. The normalized spacial score (nSPS) is 10.3. The molecule has 2 rings (SSSR count). The van der Waals surface area contributed by atoms with Crippen molar-refractivity contribution in [1.29, 1.82) is 0 Å². The zero-order chi connectivity index (χ0) is 14.0. The number of hydrogen-bond donors (Lipinski definition) is 1. The van der Waals surface area contributed by atoms with Crippen LogP contribution in [0.3, 0.4) is 0 Å². The molecule has 0 saturated carbocycles. The molecular weight excluding hydrogens is 259 g/mol. The fraction of sp³-hybridized carbons (Fsp3) is 0.133. The van der Waals surface area contributed by atoms with Gasteiger partial charge in [0.2, 0.25) is 0 Å². The molecule has 0 aliphatic heterocycles. The van der Waals surface area contributed by atoms with Gasteiger partial charge in [0.25, 0.3) is 0 Å². The molecule has 2 nitrogen and oxygen atoms in total. The second kappa shape index (κ2) is 5.36. The van der Waals surface area contributed by atoms with Crippen molar-refractivity contribution in [3.05, 3.63) is 59.4 Å². The lowest BCUT2D eigenvalue weighted by atomic mass is 10.1. The van der Waals surface area contributed by atoms with Gasteiger partial charge in [0.15, 0.2) is 0 Å². The fourth-order valence-electron chi connectivity index (χ4n) is 1.94. The molecule has 0 spiro atoms. The Bertz CT molecular complexity index is 608. The zero-order valence-corrected chi connectivity index (χ0v) is 11.7. The minimum Gasteiger partial charge on any atom is -0.389 e. The number of anilines is 2. The van der Waals surface area contributed by atoms with E-state index >= 15 is 0 Å². The van der Waals surface area contributed by atoms with Crippen LogP contribution < -0.4 is 10.6 Å². The van der Waals surface area contributed by atoms with Crippen molar-refractivity contribution in [2.45, 2.75) is 6.92 Å². The van der Waals surface area contributed by atoms with Crippen LogP contribution in [0.4, 0.5) is 15.8 Å². The van der Waals surface area contributed by atoms with Crippen LogP contribution in [0, 0.1) is 12.7 Å². The maximum absolute atomic E-state index is 13.0. The van der Waals surface area contributed by atoms with Gasteiger partial charge in [-0.15, -0.1) is 0 Å². The minimum absolute atomic E-state index is 0.254. The third-order valence-electron chi connectivity index (χ3n) is 2.99. The van der Waals surface area contributed by atoms with E-state index in [1.54, 1.807) is 12.1 Å². The molecule has 0 bridgehead atoms. The van der Waals surface area contributed by atoms with Gasteiger partial charge in [-0.2, -0.15) is 0 Å². The summed E-state index contributed by atoms with van der Waals surface area (Å²) in [7, 11) is 1.90. The number of thiocarbonyl (C=S) groups is 1. The van der Waals surface area contributed by atoms with Crippen LogP contribution in [0.5, 0.6) is 0 Å². The first-order valence-corrected chi connectivity index (χ1v) is 6.29. The van der Waals surface area contributed by atoms with Crippen molar-refractivity contribution in [2.24, 2.45) is 5.73 Å². The van der Waals surface area contributed by atoms with E-state index in [-0.39, 0.29) is 5.82 Å². The Morgan fingerprint density at radius 2 is 1.79 bits per heavy atom. The maximum atomic E-state index is 13.0. The van der Waals surface area contributed by atoms with E-state index in [9.17, 15) is 4.39 Å². The molecular formula is C15H15FN2S. The highest BCUT2D eigenvalue weighted by Gasteiger charge is 2.11. The molecule has 0 aliphatic rings. The Balaban J connectivity index is 2.46. The molecule has 0 fully saturated rings. The zero-order valence-electron chi connectivity index (χ0n) is 10.9. The van der Waals surface area contributed by atoms with Crippen LogP contribution in [-0.4, -0.2) is 12.0 Å². The predicted octanol–water partition coefficient (Wildman–Crippen LogP) is 3.54. The number of benzene rings is 2. The molecule has 2 aromatic carbocycles. The van der Waals surface area contributed by atoms with Crippen LogP contribution in [-0.2, 0) is 0 Å². The number of halogens is 1. The second-order valence-corrected chi connectivity index (χ2v) is 4.86. The SMILES string of the molecule is Cc1ccc(N(C)c2ccc(F)cc2)c(C(N)=S)c1. The van der Waals surface area contributed by atoms with Crippen molar-refractivity contribution < 1.29 is 4.39 Å². The summed E-state index contributed by atoms with van der Waals surface area (Å²) < 4.78 is 13.0. The highest BCUT2D eigenvalue weighted by molar-refractivity contribution is 7.80. The van der Waals surface area contributed by atoms with Gasteiger partial charge < -0.3 is 10.6 Å². The lowest BCUT2D eigenvalue weighted by Gasteiger charge is -2.22. The van der Waals surface area contributed by atoms with Gasteiger partial charge in [0, 0.05) is 18.3 Å². The molecule has 2 aromatic rings. The highest BCUT2D eigenvalue weighted by Crippen LogP contribution is 2.28. The lowest BCUT2D eigenvalue weighted by molar-refractivity contribution is 0.628. The van der Waals surface area contributed by atoms with Crippen LogP contribution in [0.2, 0.25) is 0 Å². The van der Waals surface area contributed by atoms with Crippen LogP contribution in [0.25, 0.3) is 0 Å². The first kappa shape index (κ1) is 13.5. The van der Waals surface area contributed by atoms with Crippen molar-refractivity contribution in [3.8, 4) is 0 Å². The molecule has 0 aromatic heterocycles. The highest BCUT2D eigenvalue weighted by atomic mass is 32.1. The summed E-state index contributed by atoms with van der Waals surface area (Å²) in [6.07, 6.45) is 0. The fourth-order valence-corrected chi connectivity index (χ4v) is 2.11. The summed E-state index contributed by atoms with van der Waals surface area (Å²) in [6, 6.07) is 12.2. The molecule has 0 atom stereocenters. The molecule has 0 aliphatic carbocycles. The van der Waals surface area contributed by atoms with Crippen molar-refractivity contribution in [1.82, 2.24) is 0 Å². The second-order valence-electron chi connectivity index (χ2n) is 4.42.